The number of amides is 1. The highest BCUT2D eigenvalue weighted by Gasteiger charge is 2.35. The largest absolute Gasteiger partial charge is 0.467 e. The number of esters is 1. The molecule has 2 aromatic heterocycles. The molecular weight excluding hydrogens is 368 g/mol. The highest BCUT2D eigenvalue weighted by atomic mass is 16.5. The molecule has 1 unspecified atom stereocenters. The van der Waals surface area contributed by atoms with Crippen molar-refractivity contribution in [1.82, 2.24) is 19.7 Å². The number of methoxy groups -OCH3 is 1. The molecule has 0 saturated carbocycles. The van der Waals surface area contributed by atoms with Crippen molar-refractivity contribution in [2.75, 3.05) is 13.7 Å². The van der Waals surface area contributed by atoms with Gasteiger partial charge < -0.3 is 9.64 Å². The summed E-state index contributed by atoms with van der Waals surface area (Å²) in [5.41, 5.74) is 4.81. The topological polar surface area (TPSA) is 77.3 Å². The molecule has 1 fully saturated rings. The van der Waals surface area contributed by atoms with Crippen LogP contribution in [0.25, 0.3) is 22.2 Å². The first-order valence-corrected chi connectivity index (χ1v) is 9.76. The van der Waals surface area contributed by atoms with Crippen molar-refractivity contribution in [3.8, 4) is 11.1 Å². The first-order valence-electron chi connectivity index (χ1n) is 9.76. The Morgan fingerprint density at radius 3 is 2.83 bits per heavy atom. The SMILES string of the molecule is COC(=O)C1CCCN1C(=O)Cn1nc(C)c2c(-c3cccc(C)c3)ccnc21. The van der Waals surface area contributed by atoms with Gasteiger partial charge in [-0.05, 0) is 43.9 Å². The third-order valence-electron chi connectivity index (χ3n) is 5.47. The van der Waals surface area contributed by atoms with E-state index in [9.17, 15) is 9.59 Å². The molecule has 1 saturated heterocycles. The Hall–Kier alpha value is -3.22. The van der Waals surface area contributed by atoms with Crippen molar-refractivity contribution in [1.29, 1.82) is 0 Å². The summed E-state index contributed by atoms with van der Waals surface area (Å²) >= 11 is 0. The normalized spacial score (nSPS) is 16.4. The van der Waals surface area contributed by atoms with Crippen molar-refractivity contribution in [2.45, 2.75) is 39.3 Å². The Morgan fingerprint density at radius 1 is 1.24 bits per heavy atom. The smallest absolute Gasteiger partial charge is 0.328 e. The molecule has 1 aliphatic rings. The van der Waals surface area contributed by atoms with Crippen LogP contribution in [-0.2, 0) is 20.9 Å². The van der Waals surface area contributed by atoms with E-state index in [-0.39, 0.29) is 18.4 Å². The maximum Gasteiger partial charge on any atom is 0.328 e. The van der Waals surface area contributed by atoms with Crippen LogP contribution in [0.5, 0.6) is 0 Å². The van der Waals surface area contributed by atoms with Crippen molar-refractivity contribution >= 4 is 22.9 Å². The maximum atomic E-state index is 12.9. The molecule has 150 valence electrons. The van der Waals surface area contributed by atoms with E-state index < -0.39 is 6.04 Å². The number of carbonyl (C=O) groups excluding carboxylic acids is 2. The molecule has 29 heavy (non-hydrogen) atoms. The molecule has 4 rings (SSSR count). The van der Waals surface area contributed by atoms with Gasteiger partial charge in [-0.1, -0.05) is 29.8 Å². The van der Waals surface area contributed by atoms with E-state index in [4.69, 9.17) is 4.74 Å². The number of pyridine rings is 1. The lowest BCUT2D eigenvalue weighted by Crippen LogP contribution is -2.42. The Bertz CT molecular complexity index is 1090. The van der Waals surface area contributed by atoms with Gasteiger partial charge in [0.15, 0.2) is 5.65 Å². The molecule has 1 aromatic carbocycles. The summed E-state index contributed by atoms with van der Waals surface area (Å²) in [7, 11) is 1.35. The molecule has 0 bridgehead atoms. The van der Waals surface area contributed by atoms with E-state index in [0.29, 0.717) is 18.6 Å². The van der Waals surface area contributed by atoms with Crippen molar-refractivity contribution < 1.29 is 14.3 Å². The van der Waals surface area contributed by atoms with Crippen LogP contribution in [0.4, 0.5) is 0 Å². The van der Waals surface area contributed by atoms with Gasteiger partial charge in [-0.2, -0.15) is 5.10 Å². The van der Waals surface area contributed by atoms with Crippen molar-refractivity contribution in [2.24, 2.45) is 0 Å². The lowest BCUT2D eigenvalue weighted by molar-refractivity contribution is -0.151. The Kier molecular flexibility index (Phi) is 5.05. The number of benzene rings is 1. The number of ether oxygens (including phenoxy) is 1. The van der Waals surface area contributed by atoms with Crippen LogP contribution in [0.15, 0.2) is 36.5 Å². The standard InChI is InChI=1S/C22H24N4O3/c1-14-6-4-7-16(12-14)17-9-10-23-21-20(17)15(2)24-26(21)13-19(27)25-11-5-8-18(25)22(28)29-3/h4,6-7,9-10,12,18H,5,8,11,13H2,1-3H3. The zero-order chi connectivity index (χ0) is 20.5. The molecule has 0 N–H and O–H groups in total. The highest BCUT2D eigenvalue weighted by molar-refractivity contribution is 5.95. The minimum atomic E-state index is -0.508. The Labute approximate surface area is 169 Å². The average Bonchev–Trinajstić information content (AvgIpc) is 3.33. The van der Waals surface area contributed by atoms with E-state index in [1.165, 1.54) is 12.7 Å². The molecule has 0 spiro atoms. The van der Waals surface area contributed by atoms with E-state index in [2.05, 4.69) is 35.2 Å². The molecule has 1 aliphatic heterocycles. The van der Waals surface area contributed by atoms with E-state index >= 15 is 0 Å². The fraction of sp³-hybridized carbons (Fsp3) is 0.364. The summed E-state index contributed by atoms with van der Waals surface area (Å²) in [6, 6.07) is 9.75. The molecular formula is C22H24N4O3. The molecule has 7 heteroatoms. The second-order valence-electron chi connectivity index (χ2n) is 7.44. The number of carbonyl (C=O) groups is 2. The second-order valence-corrected chi connectivity index (χ2v) is 7.44. The zero-order valence-electron chi connectivity index (χ0n) is 16.9. The first kappa shape index (κ1) is 19.1. The van der Waals surface area contributed by atoms with Gasteiger partial charge in [0.25, 0.3) is 0 Å². The number of aromatic nitrogens is 3. The number of nitrogens with zero attached hydrogens (tertiary/aromatic N) is 4. The molecule has 0 aliphatic carbocycles. The number of aryl methyl sites for hydroxylation is 2. The average molecular weight is 392 g/mol. The van der Waals surface area contributed by atoms with E-state index in [1.807, 2.05) is 19.1 Å². The minimum absolute atomic E-state index is 0.0438. The quantitative estimate of drug-likeness (QED) is 0.638. The molecule has 1 atom stereocenters. The van der Waals surface area contributed by atoms with Gasteiger partial charge >= 0.3 is 5.97 Å². The van der Waals surface area contributed by atoms with Gasteiger partial charge in [0, 0.05) is 18.1 Å². The van der Waals surface area contributed by atoms with Crippen LogP contribution >= 0.6 is 0 Å². The molecule has 1 amide bonds. The zero-order valence-corrected chi connectivity index (χ0v) is 16.9. The summed E-state index contributed by atoms with van der Waals surface area (Å²) in [4.78, 5) is 31.0. The summed E-state index contributed by atoms with van der Waals surface area (Å²) in [5.74, 6) is -0.512. The van der Waals surface area contributed by atoms with E-state index in [0.717, 1.165) is 28.6 Å². The van der Waals surface area contributed by atoms with Gasteiger partial charge in [-0.15, -0.1) is 0 Å². The summed E-state index contributed by atoms with van der Waals surface area (Å²) in [6.45, 7) is 4.59. The van der Waals surface area contributed by atoms with Gasteiger partial charge in [0.05, 0.1) is 12.8 Å². The Balaban J connectivity index is 1.68. The summed E-state index contributed by atoms with van der Waals surface area (Å²) in [5, 5.41) is 5.53. The minimum Gasteiger partial charge on any atom is -0.467 e. The summed E-state index contributed by atoms with van der Waals surface area (Å²) in [6.07, 6.45) is 3.17. The summed E-state index contributed by atoms with van der Waals surface area (Å²) < 4.78 is 6.48. The number of hydrogen-bond donors (Lipinski definition) is 0. The number of likely N-dealkylation sites (tertiary alicyclic amines) is 1. The van der Waals surface area contributed by atoms with Gasteiger partial charge in [0.1, 0.15) is 12.6 Å². The van der Waals surface area contributed by atoms with Crippen LogP contribution < -0.4 is 0 Å². The molecule has 3 aromatic rings. The molecule has 3 heterocycles. The van der Waals surface area contributed by atoms with Crippen LogP contribution in [0.2, 0.25) is 0 Å². The van der Waals surface area contributed by atoms with Crippen LogP contribution in [0.3, 0.4) is 0 Å². The van der Waals surface area contributed by atoms with Crippen LogP contribution in [-0.4, -0.2) is 51.2 Å². The highest BCUT2D eigenvalue weighted by Crippen LogP contribution is 2.30. The Morgan fingerprint density at radius 2 is 2.07 bits per heavy atom. The fourth-order valence-corrected chi connectivity index (χ4v) is 4.11. The third kappa shape index (κ3) is 3.48. The number of hydrogen-bond acceptors (Lipinski definition) is 5. The predicted molar refractivity (Wildman–Crippen MR) is 109 cm³/mol. The van der Waals surface area contributed by atoms with Gasteiger partial charge in [-0.25, -0.2) is 14.5 Å². The second kappa shape index (κ2) is 7.66. The van der Waals surface area contributed by atoms with E-state index in [1.54, 1.807) is 15.8 Å². The monoisotopic (exact) mass is 392 g/mol. The van der Waals surface area contributed by atoms with Gasteiger partial charge in [0.2, 0.25) is 5.91 Å². The van der Waals surface area contributed by atoms with Crippen molar-refractivity contribution in [3.05, 3.63) is 47.8 Å². The predicted octanol–water partition coefficient (Wildman–Crippen LogP) is 2.88. The van der Waals surface area contributed by atoms with Crippen LogP contribution in [0, 0.1) is 13.8 Å². The van der Waals surface area contributed by atoms with Gasteiger partial charge in [-0.3, -0.25) is 4.79 Å². The maximum absolute atomic E-state index is 12.9. The lowest BCUT2D eigenvalue weighted by atomic mass is 10.0. The third-order valence-corrected chi connectivity index (χ3v) is 5.47. The molecule has 0 radical (unpaired) electrons. The first-order chi connectivity index (χ1) is 14.0. The number of fused-ring (bicyclic) bond motifs is 1. The number of rotatable bonds is 4. The lowest BCUT2D eigenvalue weighted by Gasteiger charge is -2.22. The van der Waals surface area contributed by atoms with Crippen molar-refractivity contribution in [3.63, 3.8) is 0 Å². The fourth-order valence-electron chi connectivity index (χ4n) is 4.11. The molecule has 7 nitrogen and oxygen atoms in total. The van der Waals surface area contributed by atoms with Crippen LogP contribution in [0.1, 0.15) is 24.1 Å².